The van der Waals surface area contributed by atoms with Crippen molar-refractivity contribution < 1.29 is 14.3 Å². The molecule has 0 aliphatic carbocycles. The molecule has 9 heteroatoms. The maximum absolute atomic E-state index is 13.6. The van der Waals surface area contributed by atoms with Crippen LogP contribution >= 0.6 is 0 Å². The molecule has 0 bridgehead atoms. The largest absolute Gasteiger partial charge is 0.445 e. The number of carbonyl (C=O) groups excluding carboxylic acids is 2. The molecule has 9 nitrogen and oxygen atoms in total. The Morgan fingerprint density at radius 2 is 1.68 bits per heavy atom. The van der Waals surface area contributed by atoms with Gasteiger partial charge in [-0.05, 0) is 24.7 Å². The van der Waals surface area contributed by atoms with Gasteiger partial charge in [0.1, 0.15) is 19.2 Å². The zero-order valence-electron chi connectivity index (χ0n) is 25.1. The molecule has 5 rings (SSSR count). The standard InChI is InChI=1S/C35H38N6O3/c1-3-20-44-35(43)40-25-31(24-39-18-16-38(2)17-19-39)41(33(42)26-40)23-27-14-15-30(22-36)32(21-27)37-34(28-10-6-4-7-11-28)29-12-8-5-9-13-29/h3-15,21,31H,1,16-20,23-26H2,2H3. The second kappa shape index (κ2) is 14.6. The second-order valence-corrected chi connectivity index (χ2v) is 11.2. The molecule has 0 N–H and O–H groups in total. The van der Waals surface area contributed by atoms with Crippen LogP contribution in [-0.4, -0.2) is 103 Å². The molecule has 2 heterocycles. The molecule has 2 aliphatic rings. The summed E-state index contributed by atoms with van der Waals surface area (Å²) in [6.45, 7) is 8.72. The number of benzene rings is 3. The summed E-state index contributed by atoms with van der Waals surface area (Å²) in [5.41, 5.74) is 4.50. The van der Waals surface area contributed by atoms with E-state index >= 15 is 0 Å². The quantitative estimate of drug-likeness (QED) is 0.273. The fourth-order valence-corrected chi connectivity index (χ4v) is 5.61. The van der Waals surface area contributed by atoms with Crippen LogP contribution in [0.15, 0.2) is 96.5 Å². The van der Waals surface area contributed by atoms with Gasteiger partial charge in [0.15, 0.2) is 0 Å². The number of aliphatic imine (C=N–C) groups is 1. The molecule has 226 valence electrons. The highest BCUT2D eigenvalue weighted by atomic mass is 16.6. The van der Waals surface area contributed by atoms with Crippen molar-refractivity contribution in [3.05, 3.63) is 114 Å². The third kappa shape index (κ3) is 7.59. The van der Waals surface area contributed by atoms with E-state index in [9.17, 15) is 14.9 Å². The van der Waals surface area contributed by atoms with Gasteiger partial charge in [-0.2, -0.15) is 5.26 Å². The molecule has 0 saturated carbocycles. The number of ether oxygens (including phenoxy) is 1. The SMILES string of the molecule is C=CCOC(=O)N1CC(=O)N(Cc2ccc(C#N)c(N=C(c3ccccc3)c3ccccc3)c2)C(CN2CCN(C)CC2)C1. The van der Waals surface area contributed by atoms with Crippen LogP contribution in [0, 0.1) is 11.3 Å². The maximum atomic E-state index is 13.6. The summed E-state index contributed by atoms with van der Waals surface area (Å²) in [6.07, 6.45) is 1.01. The topological polar surface area (TPSA) is 92.5 Å². The number of amides is 2. The minimum absolute atomic E-state index is 0.0529. The Morgan fingerprint density at radius 3 is 2.30 bits per heavy atom. The Hall–Kier alpha value is -4.78. The molecule has 2 aliphatic heterocycles. The van der Waals surface area contributed by atoms with Gasteiger partial charge in [-0.1, -0.05) is 79.4 Å². The minimum atomic E-state index is -0.509. The second-order valence-electron chi connectivity index (χ2n) is 11.2. The Balaban J connectivity index is 1.45. The number of nitrogens with zero attached hydrogens (tertiary/aromatic N) is 6. The number of nitriles is 1. The van der Waals surface area contributed by atoms with E-state index in [0.29, 0.717) is 30.9 Å². The van der Waals surface area contributed by atoms with Crippen molar-refractivity contribution in [3.63, 3.8) is 0 Å². The number of likely N-dealkylation sites (N-methyl/N-ethyl adjacent to an activating group) is 1. The van der Waals surface area contributed by atoms with E-state index in [4.69, 9.17) is 9.73 Å². The maximum Gasteiger partial charge on any atom is 0.410 e. The molecular formula is C35H38N6O3. The van der Waals surface area contributed by atoms with Crippen LogP contribution in [0.25, 0.3) is 0 Å². The van der Waals surface area contributed by atoms with E-state index in [1.807, 2.05) is 77.7 Å². The summed E-state index contributed by atoms with van der Waals surface area (Å²) in [5, 5.41) is 9.96. The molecule has 1 unspecified atom stereocenters. The van der Waals surface area contributed by atoms with Gasteiger partial charge in [0, 0.05) is 56.9 Å². The lowest BCUT2D eigenvalue weighted by Gasteiger charge is -2.43. The highest BCUT2D eigenvalue weighted by molar-refractivity contribution is 6.14. The van der Waals surface area contributed by atoms with Gasteiger partial charge >= 0.3 is 6.09 Å². The first-order valence-electron chi connectivity index (χ1n) is 14.9. The van der Waals surface area contributed by atoms with E-state index in [1.165, 1.54) is 11.0 Å². The van der Waals surface area contributed by atoms with Crippen LogP contribution in [0.3, 0.4) is 0 Å². The summed E-state index contributed by atoms with van der Waals surface area (Å²) in [6, 6.07) is 27.4. The molecule has 2 saturated heterocycles. The van der Waals surface area contributed by atoms with Crippen molar-refractivity contribution in [2.24, 2.45) is 4.99 Å². The van der Waals surface area contributed by atoms with Crippen LogP contribution in [0.5, 0.6) is 0 Å². The number of hydrogen-bond acceptors (Lipinski definition) is 7. The Bertz CT molecular complexity index is 1490. The lowest BCUT2D eigenvalue weighted by molar-refractivity contribution is -0.140. The van der Waals surface area contributed by atoms with E-state index in [1.54, 1.807) is 6.07 Å². The molecular weight excluding hydrogens is 552 g/mol. The molecule has 0 radical (unpaired) electrons. The molecule has 44 heavy (non-hydrogen) atoms. The Labute approximate surface area is 259 Å². The number of rotatable bonds is 9. The van der Waals surface area contributed by atoms with Gasteiger partial charge in [-0.15, -0.1) is 0 Å². The fourth-order valence-electron chi connectivity index (χ4n) is 5.61. The summed E-state index contributed by atoms with van der Waals surface area (Å²) in [7, 11) is 2.11. The third-order valence-electron chi connectivity index (χ3n) is 8.03. The number of hydrogen-bond donors (Lipinski definition) is 0. The number of piperazine rings is 2. The van der Waals surface area contributed by atoms with Crippen molar-refractivity contribution in [2.75, 3.05) is 59.5 Å². The van der Waals surface area contributed by atoms with Gasteiger partial charge in [0.25, 0.3) is 0 Å². The third-order valence-corrected chi connectivity index (χ3v) is 8.03. The average molecular weight is 591 g/mol. The zero-order chi connectivity index (χ0) is 30.9. The first-order chi connectivity index (χ1) is 21.4. The van der Waals surface area contributed by atoms with E-state index < -0.39 is 6.09 Å². The predicted octanol–water partition coefficient (Wildman–Crippen LogP) is 4.31. The van der Waals surface area contributed by atoms with Gasteiger partial charge in [-0.25, -0.2) is 9.79 Å². The van der Waals surface area contributed by atoms with E-state index in [2.05, 4.69) is 29.5 Å². The van der Waals surface area contributed by atoms with E-state index in [-0.39, 0.29) is 25.1 Å². The lowest BCUT2D eigenvalue weighted by Crippen LogP contribution is -2.61. The molecule has 2 fully saturated rings. The minimum Gasteiger partial charge on any atom is -0.445 e. The smallest absolute Gasteiger partial charge is 0.410 e. The lowest BCUT2D eigenvalue weighted by atomic mass is 10.0. The summed E-state index contributed by atoms with van der Waals surface area (Å²) in [4.78, 5) is 39.3. The van der Waals surface area contributed by atoms with Crippen molar-refractivity contribution in [2.45, 2.75) is 12.6 Å². The monoisotopic (exact) mass is 590 g/mol. The Kier molecular flexibility index (Phi) is 10.2. The highest BCUT2D eigenvalue weighted by Gasteiger charge is 2.36. The summed E-state index contributed by atoms with van der Waals surface area (Å²) < 4.78 is 5.27. The van der Waals surface area contributed by atoms with Gasteiger partial charge in [0.2, 0.25) is 5.91 Å². The normalized spacial score (nSPS) is 17.5. The highest BCUT2D eigenvalue weighted by Crippen LogP contribution is 2.26. The van der Waals surface area contributed by atoms with Crippen LogP contribution in [-0.2, 0) is 16.1 Å². The van der Waals surface area contributed by atoms with Crippen molar-refractivity contribution in [3.8, 4) is 6.07 Å². The van der Waals surface area contributed by atoms with Gasteiger partial charge in [-0.3, -0.25) is 14.6 Å². The Morgan fingerprint density at radius 1 is 1.02 bits per heavy atom. The predicted molar refractivity (Wildman–Crippen MR) is 171 cm³/mol. The summed E-state index contributed by atoms with van der Waals surface area (Å²) in [5.74, 6) is -0.144. The summed E-state index contributed by atoms with van der Waals surface area (Å²) >= 11 is 0. The zero-order valence-corrected chi connectivity index (χ0v) is 25.1. The first-order valence-corrected chi connectivity index (χ1v) is 14.9. The van der Waals surface area contributed by atoms with Crippen LogP contribution < -0.4 is 0 Å². The molecule has 2 amide bonds. The first kappa shape index (κ1) is 30.7. The number of carbonyl (C=O) groups is 2. The van der Waals surface area contributed by atoms with Gasteiger partial charge < -0.3 is 14.5 Å². The van der Waals surface area contributed by atoms with Crippen LogP contribution in [0.2, 0.25) is 0 Å². The molecule has 3 aromatic rings. The average Bonchev–Trinajstić information content (AvgIpc) is 3.05. The van der Waals surface area contributed by atoms with Crippen molar-refractivity contribution >= 4 is 23.4 Å². The van der Waals surface area contributed by atoms with Gasteiger partial charge in [0.05, 0.1) is 23.0 Å². The van der Waals surface area contributed by atoms with E-state index in [0.717, 1.165) is 48.6 Å². The molecule has 0 spiro atoms. The van der Waals surface area contributed by atoms with Crippen molar-refractivity contribution in [1.82, 2.24) is 19.6 Å². The molecule has 0 aromatic heterocycles. The van der Waals surface area contributed by atoms with Crippen LogP contribution in [0.1, 0.15) is 22.3 Å². The molecule has 3 aromatic carbocycles. The van der Waals surface area contributed by atoms with Crippen molar-refractivity contribution in [1.29, 1.82) is 5.26 Å². The molecule has 1 atom stereocenters. The fraction of sp³-hybridized carbons (Fsp3) is 0.314. The van der Waals surface area contributed by atoms with Crippen LogP contribution in [0.4, 0.5) is 10.5 Å².